The van der Waals surface area contributed by atoms with Gasteiger partial charge in [-0.05, 0) is 20.2 Å². The summed E-state index contributed by atoms with van der Waals surface area (Å²) in [4.78, 5) is 8.84. The zero-order chi connectivity index (χ0) is 13.8. The van der Waals surface area contributed by atoms with Crippen molar-refractivity contribution in [3.05, 3.63) is 17.8 Å². The highest BCUT2D eigenvalue weighted by molar-refractivity contribution is 5.68. The third-order valence-electron chi connectivity index (χ3n) is 3.60. The maximum atomic E-state index is 8.94. The number of pyridine rings is 1. The number of likely N-dealkylation sites (N-methyl/N-ethyl adjacent to an activating group) is 2. The Hall–Kier alpha value is -1.84. The summed E-state index contributed by atoms with van der Waals surface area (Å²) in [5.74, 6) is 0.598. The predicted octanol–water partition coefficient (Wildman–Crippen LogP) is 0.193. The van der Waals surface area contributed by atoms with Gasteiger partial charge < -0.3 is 16.0 Å². The molecule has 1 aliphatic heterocycles. The van der Waals surface area contributed by atoms with E-state index in [1.807, 2.05) is 0 Å². The molecule has 1 aromatic heterocycles. The van der Waals surface area contributed by atoms with E-state index in [-0.39, 0.29) is 0 Å². The third-order valence-corrected chi connectivity index (χ3v) is 3.60. The molecule has 3 N–H and O–H groups in total. The van der Waals surface area contributed by atoms with Crippen molar-refractivity contribution in [3.63, 3.8) is 0 Å². The second-order valence-electron chi connectivity index (χ2n) is 5.01. The summed E-state index contributed by atoms with van der Waals surface area (Å²) >= 11 is 0. The van der Waals surface area contributed by atoms with Gasteiger partial charge in [-0.1, -0.05) is 0 Å². The Balaban J connectivity index is 2.01. The molecule has 1 aromatic rings. The first kappa shape index (κ1) is 13.6. The Labute approximate surface area is 113 Å². The lowest BCUT2D eigenvalue weighted by Gasteiger charge is -2.37. The van der Waals surface area contributed by atoms with Crippen molar-refractivity contribution in [1.29, 1.82) is 5.26 Å². The van der Waals surface area contributed by atoms with Crippen LogP contribution >= 0.6 is 0 Å². The highest BCUT2D eigenvalue weighted by atomic mass is 15.3. The number of rotatable bonds is 3. The SMILES string of the molecule is CN1CCN(C)C(CNc2nccc(C#N)c2N)C1. The predicted molar refractivity (Wildman–Crippen MR) is 75.8 cm³/mol. The maximum Gasteiger partial charge on any atom is 0.150 e. The molecular formula is C13H20N6. The van der Waals surface area contributed by atoms with Crippen LogP contribution in [-0.4, -0.2) is 61.1 Å². The molecule has 19 heavy (non-hydrogen) atoms. The molecule has 6 nitrogen and oxygen atoms in total. The monoisotopic (exact) mass is 260 g/mol. The molecule has 0 radical (unpaired) electrons. The minimum atomic E-state index is 0.422. The van der Waals surface area contributed by atoms with E-state index in [0.29, 0.717) is 23.1 Å². The average Bonchev–Trinajstić information content (AvgIpc) is 2.41. The van der Waals surface area contributed by atoms with Crippen LogP contribution in [0, 0.1) is 11.3 Å². The molecule has 2 heterocycles. The van der Waals surface area contributed by atoms with Gasteiger partial charge in [0.2, 0.25) is 0 Å². The molecule has 1 aliphatic rings. The summed E-state index contributed by atoms with van der Waals surface area (Å²) in [5.41, 5.74) is 6.79. The van der Waals surface area contributed by atoms with Crippen molar-refractivity contribution in [2.75, 3.05) is 51.3 Å². The van der Waals surface area contributed by atoms with Gasteiger partial charge in [-0.25, -0.2) is 4.98 Å². The van der Waals surface area contributed by atoms with Crippen molar-refractivity contribution in [2.24, 2.45) is 0 Å². The molecular weight excluding hydrogens is 240 g/mol. The summed E-state index contributed by atoms with van der Waals surface area (Å²) in [6.45, 7) is 3.94. The smallest absolute Gasteiger partial charge is 0.150 e. The van der Waals surface area contributed by atoms with Gasteiger partial charge in [0.25, 0.3) is 0 Å². The van der Waals surface area contributed by atoms with E-state index in [9.17, 15) is 0 Å². The number of nitrogens with zero attached hydrogens (tertiary/aromatic N) is 4. The van der Waals surface area contributed by atoms with E-state index in [0.717, 1.165) is 26.2 Å². The number of hydrogen-bond acceptors (Lipinski definition) is 6. The van der Waals surface area contributed by atoms with Crippen molar-refractivity contribution in [1.82, 2.24) is 14.8 Å². The summed E-state index contributed by atoms with van der Waals surface area (Å²) in [6, 6.07) is 4.11. The minimum Gasteiger partial charge on any atom is -0.395 e. The van der Waals surface area contributed by atoms with Crippen LogP contribution in [0.5, 0.6) is 0 Å². The van der Waals surface area contributed by atoms with Crippen LogP contribution in [0.3, 0.4) is 0 Å². The van der Waals surface area contributed by atoms with Crippen LogP contribution in [-0.2, 0) is 0 Å². The molecule has 0 aliphatic carbocycles. The van der Waals surface area contributed by atoms with Gasteiger partial charge in [-0.3, -0.25) is 4.90 Å². The quantitative estimate of drug-likeness (QED) is 0.807. The van der Waals surface area contributed by atoms with Crippen LogP contribution in [0.25, 0.3) is 0 Å². The molecule has 102 valence electrons. The van der Waals surface area contributed by atoms with E-state index < -0.39 is 0 Å². The summed E-state index contributed by atoms with van der Waals surface area (Å²) in [7, 11) is 4.25. The molecule has 0 aromatic carbocycles. The molecule has 1 fully saturated rings. The first-order valence-corrected chi connectivity index (χ1v) is 6.39. The number of aromatic nitrogens is 1. The number of nitrogens with two attached hydrogens (primary N) is 1. The second kappa shape index (κ2) is 5.87. The van der Waals surface area contributed by atoms with Gasteiger partial charge in [0.1, 0.15) is 6.07 Å². The first-order chi connectivity index (χ1) is 9.11. The van der Waals surface area contributed by atoms with Gasteiger partial charge in [0.15, 0.2) is 5.82 Å². The van der Waals surface area contributed by atoms with Crippen molar-refractivity contribution in [2.45, 2.75) is 6.04 Å². The Bertz CT molecular complexity index is 481. The molecule has 1 atom stereocenters. The third kappa shape index (κ3) is 3.13. The lowest BCUT2D eigenvalue weighted by molar-refractivity contribution is 0.122. The van der Waals surface area contributed by atoms with Crippen molar-refractivity contribution >= 4 is 11.5 Å². The number of anilines is 2. The number of nitrogen functional groups attached to an aromatic ring is 1. The van der Waals surface area contributed by atoms with Crippen LogP contribution in [0.2, 0.25) is 0 Å². The second-order valence-corrected chi connectivity index (χ2v) is 5.01. The fourth-order valence-electron chi connectivity index (χ4n) is 2.25. The molecule has 1 unspecified atom stereocenters. The fraction of sp³-hybridized carbons (Fsp3) is 0.538. The standard InChI is InChI=1S/C13H20N6/c1-18-5-6-19(2)11(9-18)8-17-13-12(15)10(7-14)3-4-16-13/h3-4,11H,5-6,8-9,15H2,1-2H3,(H,16,17). The Morgan fingerprint density at radius 1 is 1.53 bits per heavy atom. The molecule has 6 heteroatoms. The maximum absolute atomic E-state index is 8.94. The minimum absolute atomic E-state index is 0.422. The lowest BCUT2D eigenvalue weighted by atomic mass is 10.2. The number of hydrogen-bond donors (Lipinski definition) is 2. The number of piperazine rings is 1. The zero-order valence-corrected chi connectivity index (χ0v) is 11.4. The molecule has 0 amide bonds. The molecule has 2 rings (SSSR count). The van der Waals surface area contributed by atoms with Crippen molar-refractivity contribution in [3.8, 4) is 6.07 Å². The number of nitriles is 1. The van der Waals surface area contributed by atoms with E-state index >= 15 is 0 Å². The summed E-state index contributed by atoms with van der Waals surface area (Å²) in [6.07, 6.45) is 1.61. The van der Waals surface area contributed by atoms with Crippen LogP contribution in [0.4, 0.5) is 11.5 Å². The van der Waals surface area contributed by atoms with Crippen LogP contribution < -0.4 is 11.1 Å². The van der Waals surface area contributed by atoms with E-state index in [4.69, 9.17) is 11.0 Å². The van der Waals surface area contributed by atoms with Crippen LogP contribution in [0.1, 0.15) is 5.56 Å². The fourth-order valence-corrected chi connectivity index (χ4v) is 2.25. The van der Waals surface area contributed by atoms with Crippen molar-refractivity contribution < 1.29 is 0 Å². The van der Waals surface area contributed by atoms with Gasteiger partial charge in [-0.2, -0.15) is 5.26 Å². The highest BCUT2D eigenvalue weighted by Gasteiger charge is 2.22. The lowest BCUT2D eigenvalue weighted by Crippen LogP contribution is -2.52. The van der Waals surface area contributed by atoms with E-state index in [1.165, 1.54) is 0 Å². The van der Waals surface area contributed by atoms with Crippen LogP contribution in [0.15, 0.2) is 12.3 Å². The first-order valence-electron chi connectivity index (χ1n) is 6.39. The van der Waals surface area contributed by atoms with E-state index in [1.54, 1.807) is 12.3 Å². The summed E-state index contributed by atoms with van der Waals surface area (Å²) < 4.78 is 0. The van der Waals surface area contributed by atoms with Gasteiger partial charge >= 0.3 is 0 Å². The van der Waals surface area contributed by atoms with Gasteiger partial charge in [-0.15, -0.1) is 0 Å². The molecule has 0 bridgehead atoms. The normalized spacial score (nSPS) is 21.0. The molecule has 0 saturated carbocycles. The Morgan fingerprint density at radius 3 is 3.05 bits per heavy atom. The molecule has 0 spiro atoms. The Morgan fingerprint density at radius 2 is 2.32 bits per heavy atom. The number of nitrogens with one attached hydrogen (secondary N) is 1. The van der Waals surface area contributed by atoms with Gasteiger partial charge in [0.05, 0.1) is 11.3 Å². The topological polar surface area (TPSA) is 81.2 Å². The van der Waals surface area contributed by atoms with E-state index in [2.05, 4.69) is 40.3 Å². The average molecular weight is 260 g/mol. The molecule has 1 saturated heterocycles. The largest absolute Gasteiger partial charge is 0.395 e. The van der Waals surface area contributed by atoms with Gasteiger partial charge in [0, 0.05) is 38.4 Å². The zero-order valence-electron chi connectivity index (χ0n) is 11.4. The highest BCUT2D eigenvalue weighted by Crippen LogP contribution is 2.19. The Kier molecular flexibility index (Phi) is 4.20. The summed E-state index contributed by atoms with van der Waals surface area (Å²) in [5, 5.41) is 12.2.